The minimum Gasteiger partial charge on any atom is -1.00 e. The molecule has 1 unspecified atom stereocenters. The lowest BCUT2D eigenvalue weighted by Gasteiger charge is -2.15. The third-order valence-electron chi connectivity index (χ3n) is 3.89. The molecule has 2 aromatic carbocycles. The zero-order valence-corrected chi connectivity index (χ0v) is 14.8. The van der Waals surface area contributed by atoms with Crippen LogP contribution < -0.4 is 22.6 Å². The number of rotatable bonds is 6. The number of para-hydroxylation sites is 1. The maximum Gasteiger partial charge on any atom is 0.279 e. The number of carbonyl (C=O) groups is 1. The van der Waals surface area contributed by atoms with Crippen molar-refractivity contribution in [2.24, 2.45) is 0 Å². The van der Waals surface area contributed by atoms with Crippen molar-refractivity contribution < 1.29 is 22.1 Å². The Kier molecular flexibility index (Phi) is 7.79. The predicted molar refractivity (Wildman–Crippen MR) is 91.3 cm³/mol. The maximum atomic E-state index is 12.2. The van der Waals surface area contributed by atoms with E-state index < -0.39 is 0 Å². The normalized spacial score (nSPS) is 11.4. The van der Waals surface area contributed by atoms with Crippen LogP contribution in [0.3, 0.4) is 0 Å². The van der Waals surface area contributed by atoms with Crippen LogP contribution in [-0.4, -0.2) is 26.0 Å². The number of carbonyl (C=O) groups excluding carboxylic acids is 1. The summed E-state index contributed by atoms with van der Waals surface area (Å²) in [5.41, 5.74) is 4.48. The number of amides is 1. The largest absolute Gasteiger partial charge is 1.00 e. The average molecular weight is 333 g/mol. The van der Waals surface area contributed by atoms with Crippen molar-refractivity contribution in [2.75, 3.05) is 25.5 Å². The number of hydrogen-bond donors (Lipinski definition) is 2. The molecule has 0 spiro atoms. The summed E-state index contributed by atoms with van der Waals surface area (Å²) < 4.78 is 0. The molecule has 0 aromatic heterocycles. The first-order valence-electron chi connectivity index (χ1n) is 7.77. The molecule has 0 radical (unpaired) electrons. The van der Waals surface area contributed by atoms with Gasteiger partial charge in [0.25, 0.3) is 5.91 Å². The Morgan fingerprint density at radius 1 is 1.00 bits per heavy atom. The minimum atomic E-state index is 0. The third kappa shape index (κ3) is 6.05. The molecule has 1 amide bonds. The first-order valence-corrected chi connectivity index (χ1v) is 7.77. The van der Waals surface area contributed by atoms with Gasteiger partial charge in [0, 0.05) is 12.1 Å². The summed E-state index contributed by atoms with van der Waals surface area (Å²) in [6, 6.07) is 16.4. The summed E-state index contributed by atoms with van der Waals surface area (Å²) in [6.07, 6.45) is 0.989. The highest BCUT2D eigenvalue weighted by Crippen LogP contribution is 2.18. The third-order valence-corrected chi connectivity index (χ3v) is 3.89. The van der Waals surface area contributed by atoms with Crippen LogP contribution in [0, 0.1) is 13.8 Å². The van der Waals surface area contributed by atoms with E-state index in [-0.39, 0.29) is 18.3 Å². The Hall–Kier alpha value is -1.84. The lowest BCUT2D eigenvalue weighted by Crippen LogP contribution is -3.10. The fraction of sp³-hybridized carbons (Fsp3) is 0.316. The van der Waals surface area contributed by atoms with E-state index in [4.69, 9.17) is 0 Å². The second kappa shape index (κ2) is 9.33. The zero-order chi connectivity index (χ0) is 15.9. The van der Waals surface area contributed by atoms with Crippen LogP contribution in [0.25, 0.3) is 0 Å². The van der Waals surface area contributed by atoms with Crippen molar-refractivity contribution in [3.8, 4) is 0 Å². The molecule has 23 heavy (non-hydrogen) atoms. The van der Waals surface area contributed by atoms with Crippen molar-refractivity contribution in [3.05, 3.63) is 65.2 Å². The molecule has 0 aliphatic carbocycles. The van der Waals surface area contributed by atoms with Gasteiger partial charge in [0.15, 0.2) is 6.54 Å². The molecule has 0 aliphatic rings. The zero-order valence-electron chi connectivity index (χ0n) is 14.0. The summed E-state index contributed by atoms with van der Waals surface area (Å²) in [6.45, 7) is 5.48. The number of aryl methyl sites for hydroxylation is 2. The van der Waals surface area contributed by atoms with Crippen LogP contribution in [0.4, 0.5) is 5.69 Å². The van der Waals surface area contributed by atoms with E-state index in [0.29, 0.717) is 6.54 Å². The molecule has 0 saturated heterocycles. The van der Waals surface area contributed by atoms with Gasteiger partial charge in [0.2, 0.25) is 0 Å². The molecule has 0 heterocycles. The number of benzene rings is 2. The monoisotopic (exact) mass is 332 g/mol. The van der Waals surface area contributed by atoms with Gasteiger partial charge in [-0.3, -0.25) is 4.79 Å². The van der Waals surface area contributed by atoms with E-state index in [1.54, 1.807) is 0 Å². The Morgan fingerprint density at radius 2 is 1.61 bits per heavy atom. The molecule has 4 heteroatoms. The molecule has 2 aromatic rings. The lowest BCUT2D eigenvalue weighted by atomic mass is 10.1. The second-order valence-corrected chi connectivity index (χ2v) is 5.93. The first kappa shape index (κ1) is 19.2. The fourth-order valence-corrected chi connectivity index (χ4v) is 2.56. The highest BCUT2D eigenvalue weighted by Gasteiger charge is 2.12. The van der Waals surface area contributed by atoms with E-state index in [2.05, 4.69) is 36.6 Å². The van der Waals surface area contributed by atoms with Gasteiger partial charge in [0.05, 0.1) is 13.6 Å². The summed E-state index contributed by atoms with van der Waals surface area (Å²) in [7, 11) is 2.06. The Morgan fingerprint density at radius 3 is 2.22 bits per heavy atom. The Bertz CT molecular complexity index is 608. The SMILES string of the molecule is Cc1cccc(C)c1NC(=O)C[NH+](C)CCc1ccccc1.[Cl-]. The van der Waals surface area contributed by atoms with Crippen LogP contribution in [0.2, 0.25) is 0 Å². The van der Waals surface area contributed by atoms with Gasteiger partial charge < -0.3 is 22.6 Å². The van der Waals surface area contributed by atoms with Crippen LogP contribution >= 0.6 is 0 Å². The van der Waals surface area contributed by atoms with Gasteiger partial charge in [-0.1, -0.05) is 48.5 Å². The standard InChI is InChI=1S/C19H24N2O.ClH/c1-15-8-7-9-16(2)19(15)20-18(22)14-21(3)13-12-17-10-5-4-6-11-17;/h4-11H,12-14H2,1-3H3,(H,20,22);1H. The molecule has 0 fully saturated rings. The van der Waals surface area contributed by atoms with Gasteiger partial charge in [0.1, 0.15) is 0 Å². The fourth-order valence-electron chi connectivity index (χ4n) is 2.56. The predicted octanol–water partition coefficient (Wildman–Crippen LogP) is -0.997. The van der Waals surface area contributed by atoms with Crippen molar-refractivity contribution in [2.45, 2.75) is 20.3 Å². The summed E-state index contributed by atoms with van der Waals surface area (Å²) in [5.74, 6) is 0.0722. The quantitative estimate of drug-likeness (QED) is 0.699. The molecular formula is C19H25ClN2O. The Labute approximate surface area is 145 Å². The molecule has 124 valence electrons. The number of likely N-dealkylation sites (N-methyl/N-ethyl adjacent to an activating group) is 1. The molecule has 3 nitrogen and oxygen atoms in total. The molecule has 2 rings (SSSR count). The Balaban J connectivity index is 0.00000264. The van der Waals surface area contributed by atoms with Gasteiger partial charge in [-0.25, -0.2) is 0 Å². The molecule has 0 saturated carbocycles. The number of nitrogens with one attached hydrogen (secondary N) is 2. The van der Waals surface area contributed by atoms with Crippen LogP contribution in [0.15, 0.2) is 48.5 Å². The van der Waals surface area contributed by atoms with Crippen LogP contribution in [0.5, 0.6) is 0 Å². The molecule has 1 atom stereocenters. The van der Waals surface area contributed by atoms with E-state index in [0.717, 1.165) is 29.8 Å². The highest BCUT2D eigenvalue weighted by atomic mass is 35.5. The van der Waals surface area contributed by atoms with E-state index in [1.807, 2.05) is 38.1 Å². The minimum absolute atomic E-state index is 0. The van der Waals surface area contributed by atoms with Crippen LogP contribution in [0.1, 0.15) is 16.7 Å². The van der Waals surface area contributed by atoms with Crippen molar-refractivity contribution in [3.63, 3.8) is 0 Å². The summed E-state index contributed by atoms with van der Waals surface area (Å²) >= 11 is 0. The maximum absolute atomic E-state index is 12.2. The van der Waals surface area contributed by atoms with Gasteiger partial charge in [-0.2, -0.15) is 0 Å². The first-order chi connectivity index (χ1) is 10.6. The van der Waals surface area contributed by atoms with Gasteiger partial charge in [-0.15, -0.1) is 0 Å². The molecule has 2 N–H and O–H groups in total. The average Bonchev–Trinajstić information content (AvgIpc) is 2.50. The number of quaternary nitrogens is 1. The van der Waals surface area contributed by atoms with Crippen LogP contribution in [-0.2, 0) is 11.2 Å². The molecule has 0 aliphatic heterocycles. The second-order valence-electron chi connectivity index (χ2n) is 5.93. The molecule has 0 bridgehead atoms. The highest BCUT2D eigenvalue weighted by molar-refractivity contribution is 5.93. The van der Waals surface area contributed by atoms with E-state index >= 15 is 0 Å². The number of halogens is 1. The molecular weight excluding hydrogens is 308 g/mol. The van der Waals surface area contributed by atoms with Gasteiger partial charge in [-0.05, 0) is 30.5 Å². The van der Waals surface area contributed by atoms with E-state index in [1.165, 1.54) is 10.5 Å². The smallest absolute Gasteiger partial charge is 0.279 e. The summed E-state index contributed by atoms with van der Waals surface area (Å²) in [4.78, 5) is 13.4. The lowest BCUT2D eigenvalue weighted by molar-refractivity contribution is -0.870. The van der Waals surface area contributed by atoms with Crippen molar-refractivity contribution in [1.82, 2.24) is 0 Å². The topological polar surface area (TPSA) is 33.5 Å². The summed E-state index contributed by atoms with van der Waals surface area (Å²) in [5, 5.41) is 3.05. The number of anilines is 1. The van der Waals surface area contributed by atoms with Gasteiger partial charge >= 0.3 is 0 Å². The van der Waals surface area contributed by atoms with Crippen molar-refractivity contribution >= 4 is 11.6 Å². The van der Waals surface area contributed by atoms with E-state index in [9.17, 15) is 4.79 Å². The van der Waals surface area contributed by atoms with Crippen molar-refractivity contribution in [1.29, 1.82) is 0 Å². The number of hydrogen-bond acceptors (Lipinski definition) is 1.